The fraction of sp³-hybridized carbons (Fsp3) is 0.556. The fourth-order valence-corrected chi connectivity index (χ4v) is 1.07. The third-order valence-corrected chi connectivity index (χ3v) is 1.82. The van der Waals surface area contributed by atoms with Crippen LogP contribution in [0.5, 0.6) is 0 Å². The molecular weight excluding hydrogens is 166 g/mol. The molecule has 0 spiro atoms. The van der Waals surface area contributed by atoms with Crippen LogP contribution in [0.15, 0.2) is 12.4 Å². The van der Waals surface area contributed by atoms with Crippen LogP contribution in [-0.2, 0) is 18.3 Å². The smallest absolute Gasteiger partial charge is 0.219 e. The molecule has 0 aliphatic carbocycles. The van der Waals surface area contributed by atoms with Crippen molar-refractivity contribution in [1.29, 1.82) is 0 Å². The molecule has 1 aromatic heterocycles. The van der Waals surface area contributed by atoms with Crippen LogP contribution in [-0.4, -0.2) is 22.2 Å². The summed E-state index contributed by atoms with van der Waals surface area (Å²) in [5.41, 5.74) is 1.15. The summed E-state index contributed by atoms with van der Waals surface area (Å²) in [6.45, 7) is 2.54. The average Bonchev–Trinajstić information content (AvgIpc) is 2.51. The van der Waals surface area contributed by atoms with Crippen molar-refractivity contribution in [3.05, 3.63) is 18.0 Å². The van der Waals surface area contributed by atoms with Gasteiger partial charge in [-0.25, -0.2) is 0 Å². The molecule has 0 fully saturated rings. The van der Waals surface area contributed by atoms with E-state index < -0.39 is 0 Å². The van der Waals surface area contributed by atoms with Gasteiger partial charge in [-0.05, 0) is 12.0 Å². The Kier molecular flexibility index (Phi) is 3.49. The lowest BCUT2D eigenvalue weighted by atomic mass is 10.2. The van der Waals surface area contributed by atoms with E-state index in [0.29, 0.717) is 13.0 Å². The molecule has 0 aliphatic heterocycles. The van der Waals surface area contributed by atoms with Crippen molar-refractivity contribution in [3.63, 3.8) is 0 Å². The Labute approximate surface area is 77.9 Å². The quantitative estimate of drug-likeness (QED) is 0.734. The minimum Gasteiger partial charge on any atom is -0.356 e. The third kappa shape index (κ3) is 3.27. The van der Waals surface area contributed by atoms with Gasteiger partial charge in [0.25, 0.3) is 0 Å². The van der Waals surface area contributed by atoms with Crippen LogP contribution in [0.2, 0.25) is 0 Å². The second-order valence-corrected chi connectivity index (χ2v) is 2.98. The van der Waals surface area contributed by atoms with E-state index in [2.05, 4.69) is 10.4 Å². The Balaban J connectivity index is 2.24. The molecule has 0 saturated carbocycles. The molecule has 1 aromatic rings. The number of amides is 1. The van der Waals surface area contributed by atoms with Crippen LogP contribution in [0.4, 0.5) is 0 Å². The van der Waals surface area contributed by atoms with Gasteiger partial charge in [0.2, 0.25) is 5.91 Å². The molecule has 0 bridgehead atoms. The molecule has 0 atom stereocenters. The van der Waals surface area contributed by atoms with Gasteiger partial charge in [0.15, 0.2) is 0 Å². The summed E-state index contributed by atoms with van der Waals surface area (Å²) in [6.07, 6.45) is 5.17. The maximum atomic E-state index is 10.9. The predicted octanol–water partition coefficient (Wildman–Crippen LogP) is 0.489. The first-order valence-electron chi connectivity index (χ1n) is 4.46. The van der Waals surface area contributed by atoms with Gasteiger partial charge in [-0.2, -0.15) is 5.10 Å². The summed E-state index contributed by atoms with van der Waals surface area (Å²) in [5, 5.41) is 6.85. The van der Waals surface area contributed by atoms with E-state index in [-0.39, 0.29) is 5.91 Å². The second-order valence-electron chi connectivity index (χ2n) is 2.98. The summed E-state index contributed by atoms with van der Waals surface area (Å²) < 4.78 is 1.76. The highest BCUT2D eigenvalue weighted by atomic mass is 16.1. The number of hydrogen-bond donors (Lipinski definition) is 1. The summed E-state index contributed by atoms with van der Waals surface area (Å²) >= 11 is 0. The van der Waals surface area contributed by atoms with E-state index in [1.54, 1.807) is 4.68 Å². The van der Waals surface area contributed by atoms with Crippen molar-refractivity contribution in [3.8, 4) is 0 Å². The SMILES string of the molecule is CCC(=O)NCCc1cnn(C)c1. The Morgan fingerprint density at radius 3 is 3.00 bits per heavy atom. The number of hydrogen-bond acceptors (Lipinski definition) is 2. The molecule has 13 heavy (non-hydrogen) atoms. The highest BCUT2D eigenvalue weighted by Crippen LogP contribution is 1.95. The lowest BCUT2D eigenvalue weighted by molar-refractivity contribution is -0.120. The van der Waals surface area contributed by atoms with Crippen molar-refractivity contribution in [2.75, 3.05) is 6.54 Å². The molecule has 0 aliphatic rings. The van der Waals surface area contributed by atoms with Crippen molar-refractivity contribution in [1.82, 2.24) is 15.1 Å². The van der Waals surface area contributed by atoms with Gasteiger partial charge >= 0.3 is 0 Å². The molecule has 1 heterocycles. The molecule has 4 heteroatoms. The summed E-state index contributed by atoms with van der Waals surface area (Å²) in [7, 11) is 1.88. The summed E-state index contributed by atoms with van der Waals surface area (Å²) in [6, 6.07) is 0. The van der Waals surface area contributed by atoms with Crippen LogP contribution in [0.1, 0.15) is 18.9 Å². The number of aromatic nitrogens is 2. The molecule has 0 unspecified atom stereocenters. The maximum Gasteiger partial charge on any atom is 0.219 e. The number of nitrogens with one attached hydrogen (secondary N) is 1. The average molecular weight is 181 g/mol. The first kappa shape index (κ1) is 9.77. The molecule has 72 valence electrons. The molecule has 0 aromatic carbocycles. The zero-order valence-electron chi connectivity index (χ0n) is 8.08. The van der Waals surface area contributed by atoms with Gasteiger partial charge < -0.3 is 5.32 Å². The number of nitrogens with zero attached hydrogens (tertiary/aromatic N) is 2. The van der Waals surface area contributed by atoms with E-state index in [1.165, 1.54) is 0 Å². The molecule has 4 nitrogen and oxygen atoms in total. The Morgan fingerprint density at radius 1 is 1.69 bits per heavy atom. The van der Waals surface area contributed by atoms with E-state index in [9.17, 15) is 4.79 Å². The first-order valence-corrected chi connectivity index (χ1v) is 4.46. The summed E-state index contributed by atoms with van der Waals surface area (Å²) in [4.78, 5) is 10.9. The van der Waals surface area contributed by atoms with Crippen LogP contribution >= 0.6 is 0 Å². The van der Waals surface area contributed by atoms with Gasteiger partial charge in [-0.15, -0.1) is 0 Å². The van der Waals surface area contributed by atoms with Crippen molar-refractivity contribution < 1.29 is 4.79 Å². The molecule has 1 rings (SSSR count). The third-order valence-electron chi connectivity index (χ3n) is 1.82. The Morgan fingerprint density at radius 2 is 2.46 bits per heavy atom. The van der Waals surface area contributed by atoms with E-state index in [1.807, 2.05) is 26.4 Å². The summed E-state index contributed by atoms with van der Waals surface area (Å²) in [5.74, 6) is 0.101. The van der Waals surface area contributed by atoms with Crippen LogP contribution in [0, 0.1) is 0 Å². The molecule has 0 saturated heterocycles. The number of carbonyl (C=O) groups excluding carboxylic acids is 1. The van der Waals surface area contributed by atoms with Gasteiger partial charge in [-0.1, -0.05) is 6.92 Å². The molecule has 1 amide bonds. The Bertz CT molecular complexity index is 280. The van der Waals surface area contributed by atoms with Gasteiger partial charge in [-0.3, -0.25) is 9.48 Å². The number of carbonyl (C=O) groups is 1. The van der Waals surface area contributed by atoms with Crippen LogP contribution in [0.3, 0.4) is 0 Å². The van der Waals surface area contributed by atoms with Crippen molar-refractivity contribution >= 4 is 5.91 Å². The van der Waals surface area contributed by atoms with Crippen LogP contribution < -0.4 is 5.32 Å². The monoisotopic (exact) mass is 181 g/mol. The number of aryl methyl sites for hydroxylation is 1. The Hall–Kier alpha value is -1.32. The van der Waals surface area contributed by atoms with Gasteiger partial charge in [0, 0.05) is 26.2 Å². The van der Waals surface area contributed by atoms with E-state index in [0.717, 1.165) is 12.0 Å². The van der Waals surface area contributed by atoms with Crippen molar-refractivity contribution in [2.45, 2.75) is 19.8 Å². The predicted molar refractivity (Wildman–Crippen MR) is 50.2 cm³/mol. The molecule has 0 radical (unpaired) electrons. The lowest BCUT2D eigenvalue weighted by Gasteiger charge is -2.00. The highest BCUT2D eigenvalue weighted by Gasteiger charge is 1.98. The minimum absolute atomic E-state index is 0.101. The highest BCUT2D eigenvalue weighted by molar-refractivity contribution is 5.75. The first-order chi connectivity index (χ1) is 6.22. The topological polar surface area (TPSA) is 46.9 Å². The number of rotatable bonds is 4. The maximum absolute atomic E-state index is 10.9. The zero-order chi connectivity index (χ0) is 9.68. The lowest BCUT2D eigenvalue weighted by Crippen LogP contribution is -2.24. The normalized spacial score (nSPS) is 10.0. The van der Waals surface area contributed by atoms with E-state index >= 15 is 0 Å². The van der Waals surface area contributed by atoms with Crippen LogP contribution in [0.25, 0.3) is 0 Å². The molecule has 1 N–H and O–H groups in total. The fourth-order valence-electron chi connectivity index (χ4n) is 1.07. The van der Waals surface area contributed by atoms with E-state index in [4.69, 9.17) is 0 Å². The van der Waals surface area contributed by atoms with Gasteiger partial charge in [0.1, 0.15) is 0 Å². The molecular formula is C9H15N3O. The second kappa shape index (κ2) is 4.64. The van der Waals surface area contributed by atoms with Crippen molar-refractivity contribution in [2.24, 2.45) is 7.05 Å². The van der Waals surface area contributed by atoms with Gasteiger partial charge in [0.05, 0.1) is 6.20 Å². The standard InChI is InChI=1S/C9H15N3O/c1-3-9(13)10-5-4-8-6-11-12(2)7-8/h6-7H,3-5H2,1-2H3,(H,10,13). The zero-order valence-corrected chi connectivity index (χ0v) is 8.08. The minimum atomic E-state index is 0.101. The largest absolute Gasteiger partial charge is 0.356 e.